The summed E-state index contributed by atoms with van der Waals surface area (Å²) in [5, 5.41) is 2.93. The number of benzene rings is 1. The summed E-state index contributed by atoms with van der Waals surface area (Å²) in [6.45, 7) is 7.86. The van der Waals surface area contributed by atoms with Crippen LogP contribution in [0, 0.1) is 0 Å². The molecule has 0 radical (unpaired) electrons. The minimum Gasteiger partial charge on any atom is -0.379 e. The molecule has 0 unspecified atom stereocenters. The largest absolute Gasteiger partial charge is 0.379 e. The van der Waals surface area contributed by atoms with Gasteiger partial charge in [-0.15, -0.1) is 0 Å². The number of nitrogens with zero attached hydrogens (tertiary/aromatic N) is 1. The molecular formula is C15H22N2O2. The van der Waals surface area contributed by atoms with Crippen LogP contribution in [-0.4, -0.2) is 43.7 Å². The van der Waals surface area contributed by atoms with Crippen molar-refractivity contribution in [3.8, 4) is 0 Å². The maximum Gasteiger partial charge on any atom is 0.238 e. The van der Waals surface area contributed by atoms with Gasteiger partial charge >= 0.3 is 0 Å². The van der Waals surface area contributed by atoms with Gasteiger partial charge in [-0.2, -0.15) is 0 Å². The summed E-state index contributed by atoms with van der Waals surface area (Å²) in [4.78, 5) is 14.0. The molecule has 1 aromatic carbocycles. The van der Waals surface area contributed by atoms with E-state index in [4.69, 9.17) is 4.74 Å². The molecule has 19 heavy (non-hydrogen) atoms. The van der Waals surface area contributed by atoms with E-state index < -0.39 is 0 Å². The van der Waals surface area contributed by atoms with Gasteiger partial charge in [-0.05, 0) is 23.6 Å². The van der Waals surface area contributed by atoms with Crippen molar-refractivity contribution in [1.82, 2.24) is 4.90 Å². The standard InChI is InChI=1S/C15H22N2O2/c1-12(2)13-3-5-14(6-4-13)16-15(18)11-17-7-9-19-10-8-17/h3-6,12H,7-11H2,1-2H3,(H,16,18). The van der Waals surface area contributed by atoms with Gasteiger partial charge in [0, 0.05) is 18.8 Å². The van der Waals surface area contributed by atoms with Gasteiger partial charge in [-0.1, -0.05) is 26.0 Å². The monoisotopic (exact) mass is 262 g/mol. The molecule has 2 rings (SSSR count). The van der Waals surface area contributed by atoms with Gasteiger partial charge in [0.2, 0.25) is 5.91 Å². The van der Waals surface area contributed by atoms with E-state index in [1.165, 1.54) is 5.56 Å². The van der Waals surface area contributed by atoms with Crippen molar-refractivity contribution >= 4 is 11.6 Å². The third-order valence-electron chi connectivity index (χ3n) is 3.33. The molecule has 0 aromatic heterocycles. The van der Waals surface area contributed by atoms with E-state index in [1.807, 2.05) is 12.1 Å². The predicted molar refractivity (Wildman–Crippen MR) is 76.4 cm³/mol. The van der Waals surface area contributed by atoms with Gasteiger partial charge in [0.25, 0.3) is 0 Å². The average Bonchev–Trinajstić information content (AvgIpc) is 2.40. The maximum absolute atomic E-state index is 11.9. The lowest BCUT2D eigenvalue weighted by Gasteiger charge is -2.25. The summed E-state index contributed by atoms with van der Waals surface area (Å²) in [6, 6.07) is 8.06. The van der Waals surface area contributed by atoms with Crippen LogP contribution in [0.15, 0.2) is 24.3 Å². The number of carbonyl (C=O) groups is 1. The van der Waals surface area contributed by atoms with Gasteiger partial charge < -0.3 is 10.1 Å². The highest BCUT2D eigenvalue weighted by Gasteiger charge is 2.14. The van der Waals surface area contributed by atoms with Gasteiger partial charge in [0.1, 0.15) is 0 Å². The highest BCUT2D eigenvalue weighted by atomic mass is 16.5. The van der Waals surface area contributed by atoms with Crippen molar-refractivity contribution in [2.75, 3.05) is 38.2 Å². The topological polar surface area (TPSA) is 41.6 Å². The van der Waals surface area contributed by atoms with Gasteiger partial charge in [-0.25, -0.2) is 0 Å². The second-order valence-corrected chi connectivity index (χ2v) is 5.21. The zero-order chi connectivity index (χ0) is 13.7. The van der Waals surface area contributed by atoms with Gasteiger partial charge in [0.05, 0.1) is 19.8 Å². The van der Waals surface area contributed by atoms with Gasteiger partial charge in [0.15, 0.2) is 0 Å². The van der Waals surface area contributed by atoms with E-state index >= 15 is 0 Å². The molecule has 1 aliphatic heterocycles. The number of nitrogens with one attached hydrogen (secondary N) is 1. The van der Waals surface area contributed by atoms with E-state index in [0.717, 1.165) is 32.0 Å². The Labute approximate surface area is 114 Å². The molecule has 0 atom stereocenters. The van der Waals surface area contributed by atoms with Crippen LogP contribution in [0.5, 0.6) is 0 Å². The molecular weight excluding hydrogens is 240 g/mol. The Kier molecular flexibility index (Phi) is 4.93. The van der Waals surface area contributed by atoms with E-state index in [9.17, 15) is 4.79 Å². The highest BCUT2D eigenvalue weighted by molar-refractivity contribution is 5.92. The normalized spacial score (nSPS) is 16.6. The first-order valence-electron chi connectivity index (χ1n) is 6.85. The Bertz CT molecular complexity index is 409. The Morgan fingerprint density at radius 1 is 1.26 bits per heavy atom. The van der Waals surface area contributed by atoms with Crippen LogP contribution < -0.4 is 5.32 Å². The van der Waals surface area contributed by atoms with Gasteiger partial charge in [-0.3, -0.25) is 9.69 Å². The molecule has 1 N–H and O–H groups in total. The number of hydrogen-bond acceptors (Lipinski definition) is 3. The van der Waals surface area contributed by atoms with Crippen molar-refractivity contribution in [3.63, 3.8) is 0 Å². The first-order valence-corrected chi connectivity index (χ1v) is 6.85. The molecule has 0 bridgehead atoms. The number of amides is 1. The van der Waals surface area contributed by atoms with Crippen LogP contribution in [-0.2, 0) is 9.53 Å². The maximum atomic E-state index is 11.9. The smallest absolute Gasteiger partial charge is 0.238 e. The van der Waals surface area contributed by atoms with Crippen molar-refractivity contribution in [2.24, 2.45) is 0 Å². The summed E-state index contributed by atoms with van der Waals surface area (Å²) in [5.74, 6) is 0.553. The number of anilines is 1. The predicted octanol–water partition coefficient (Wildman–Crippen LogP) is 2.08. The summed E-state index contributed by atoms with van der Waals surface area (Å²) >= 11 is 0. The zero-order valence-corrected chi connectivity index (χ0v) is 11.7. The molecule has 4 heteroatoms. The van der Waals surface area contributed by atoms with Crippen molar-refractivity contribution in [1.29, 1.82) is 0 Å². The van der Waals surface area contributed by atoms with E-state index in [0.29, 0.717) is 12.5 Å². The quantitative estimate of drug-likeness (QED) is 0.903. The zero-order valence-electron chi connectivity index (χ0n) is 11.7. The molecule has 4 nitrogen and oxygen atoms in total. The summed E-state index contributed by atoms with van der Waals surface area (Å²) < 4.78 is 5.26. The SMILES string of the molecule is CC(C)c1ccc(NC(=O)CN2CCOCC2)cc1. The number of morpholine rings is 1. The van der Waals surface area contributed by atoms with E-state index in [2.05, 4.69) is 36.2 Å². The lowest BCUT2D eigenvalue weighted by molar-refractivity contribution is -0.118. The number of rotatable bonds is 4. The highest BCUT2D eigenvalue weighted by Crippen LogP contribution is 2.17. The van der Waals surface area contributed by atoms with Crippen molar-refractivity contribution in [3.05, 3.63) is 29.8 Å². The van der Waals surface area contributed by atoms with Crippen LogP contribution in [0.1, 0.15) is 25.3 Å². The minimum atomic E-state index is 0.0409. The molecule has 1 amide bonds. The molecule has 1 saturated heterocycles. The van der Waals surface area contributed by atoms with Crippen LogP contribution in [0.4, 0.5) is 5.69 Å². The molecule has 0 saturated carbocycles. The molecule has 1 heterocycles. The third-order valence-corrected chi connectivity index (χ3v) is 3.33. The molecule has 1 fully saturated rings. The Hall–Kier alpha value is -1.39. The summed E-state index contributed by atoms with van der Waals surface area (Å²) in [7, 11) is 0. The fourth-order valence-corrected chi connectivity index (χ4v) is 2.11. The fraction of sp³-hybridized carbons (Fsp3) is 0.533. The van der Waals surface area contributed by atoms with Crippen LogP contribution in [0.3, 0.4) is 0 Å². The summed E-state index contributed by atoms with van der Waals surface area (Å²) in [6.07, 6.45) is 0. The third kappa shape index (κ3) is 4.33. The molecule has 1 aromatic rings. The first kappa shape index (κ1) is 14.0. The second kappa shape index (κ2) is 6.68. The van der Waals surface area contributed by atoms with E-state index in [-0.39, 0.29) is 5.91 Å². The summed E-state index contributed by atoms with van der Waals surface area (Å²) in [5.41, 5.74) is 2.15. The first-order chi connectivity index (χ1) is 9.15. The lowest BCUT2D eigenvalue weighted by Crippen LogP contribution is -2.41. The number of carbonyl (C=O) groups excluding carboxylic acids is 1. The van der Waals surface area contributed by atoms with Crippen LogP contribution in [0.25, 0.3) is 0 Å². The van der Waals surface area contributed by atoms with Crippen LogP contribution >= 0.6 is 0 Å². The minimum absolute atomic E-state index is 0.0409. The Balaban J connectivity index is 1.84. The number of hydrogen-bond donors (Lipinski definition) is 1. The van der Waals surface area contributed by atoms with Crippen molar-refractivity contribution < 1.29 is 9.53 Å². The average molecular weight is 262 g/mol. The Morgan fingerprint density at radius 2 is 1.89 bits per heavy atom. The number of ether oxygens (including phenoxy) is 1. The fourth-order valence-electron chi connectivity index (χ4n) is 2.11. The second-order valence-electron chi connectivity index (χ2n) is 5.21. The Morgan fingerprint density at radius 3 is 2.47 bits per heavy atom. The lowest BCUT2D eigenvalue weighted by atomic mass is 10.0. The van der Waals surface area contributed by atoms with Crippen LogP contribution in [0.2, 0.25) is 0 Å². The molecule has 104 valence electrons. The molecule has 0 spiro atoms. The van der Waals surface area contributed by atoms with E-state index in [1.54, 1.807) is 0 Å². The van der Waals surface area contributed by atoms with Crippen molar-refractivity contribution in [2.45, 2.75) is 19.8 Å². The molecule has 1 aliphatic rings. The molecule has 0 aliphatic carbocycles.